The number of aryl methyl sites for hydroxylation is 1. The molecule has 0 unspecified atom stereocenters. The molecule has 1 heterocycles. The van der Waals surface area contributed by atoms with E-state index in [1.54, 1.807) is 37.4 Å². The number of benzene rings is 2. The molecule has 0 saturated carbocycles. The van der Waals surface area contributed by atoms with Gasteiger partial charge in [0.15, 0.2) is 14.6 Å². The molecule has 42 heavy (non-hydrogen) atoms. The van der Waals surface area contributed by atoms with Crippen LogP contribution in [0.15, 0.2) is 53.5 Å². The molecule has 10 nitrogen and oxygen atoms in total. The zero-order valence-corrected chi connectivity index (χ0v) is 23.7. The van der Waals surface area contributed by atoms with Crippen LogP contribution >= 0.6 is 0 Å². The molecule has 0 bridgehead atoms. The molecule has 0 saturated heterocycles. The Kier molecular flexibility index (Phi) is 9.80. The number of pyridine rings is 1. The summed E-state index contributed by atoms with van der Waals surface area (Å²) in [6.07, 6.45) is -3.94. The van der Waals surface area contributed by atoms with Crippen molar-refractivity contribution in [2.45, 2.75) is 37.4 Å². The quantitative estimate of drug-likeness (QED) is 0.263. The van der Waals surface area contributed by atoms with Crippen molar-refractivity contribution in [1.82, 2.24) is 14.9 Å². The van der Waals surface area contributed by atoms with Crippen molar-refractivity contribution in [3.63, 3.8) is 0 Å². The molecule has 3 rings (SSSR count). The Labute approximate surface area is 238 Å². The molecule has 0 radical (unpaired) electrons. The lowest BCUT2D eigenvalue weighted by molar-refractivity contribution is -0.207. The van der Waals surface area contributed by atoms with Crippen molar-refractivity contribution < 1.29 is 45.5 Å². The number of rotatable bonds is 10. The maximum absolute atomic E-state index is 14.9. The number of aliphatic hydroxyl groups is 1. The van der Waals surface area contributed by atoms with Gasteiger partial charge in [-0.1, -0.05) is 18.2 Å². The molecule has 1 aromatic heterocycles. The third kappa shape index (κ3) is 7.33. The van der Waals surface area contributed by atoms with Gasteiger partial charge in [0.2, 0.25) is 0 Å². The van der Waals surface area contributed by atoms with Gasteiger partial charge >= 0.3 is 12.1 Å². The lowest BCUT2D eigenvalue weighted by Crippen LogP contribution is -2.51. The average Bonchev–Trinajstić information content (AvgIpc) is 2.89. The topological polar surface area (TPSA) is 135 Å². The van der Waals surface area contributed by atoms with Crippen LogP contribution in [0.1, 0.15) is 18.9 Å². The monoisotopic (exact) mass is 615 g/mol. The van der Waals surface area contributed by atoms with Crippen molar-refractivity contribution in [2.75, 3.05) is 26.5 Å². The van der Waals surface area contributed by atoms with Gasteiger partial charge in [0.25, 0.3) is 11.5 Å². The predicted octanol–water partition coefficient (Wildman–Crippen LogP) is 2.56. The van der Waals surface area contributed by atoms with E-state index in [2.05, 4.69) is 4.84 Å². The maximum Gasteiger partial charge on any atom is 0.493 e. The van der Waals surface area contributed by atoms with Crippen molar-refractivity contribution >= 4 is 32.5 Å². The Morgan fingerprint density at radius 3 is 2.40 bits per heavy atom. The highest BCUT2D eigenvalue weighted by molar-refractivity contribution is 7.92. The molecule has 1 amide bonds. The molecule has 1 atom stereocenters. The Morgan fingerprint density at radius 1 is 1.12 bits per heavy atom. The normalized spacial score (nSPS) is 13.6. The Morgan fingerprint density at radius 2 is 1.81 bits per heavy atom. The van der Waals surface area contributed by atoms with E-state index in [0.717, 1.165) is 11.5 Å². The fourth-order valence-corrected chi connectivity index (χ4v) is 4.98. The highest BCUT2D eigenvalue weighted by Crippen LogP contribution is 2.27. The van der Waals surface area contributed by atoms with E-state index in [-0.39, 0.29) is 18.5 Å². The van der Waals surface area contributed by atoms with Gasteiger partial charge in [-0.15, -0.1) is 0 Å². The second-order valence-corrected chi connectivity index (χ2v) is 12.4. The molecule has 0 fully saturated rings. The minimum Gasteiger partial charge on any atom is -0.395 e. The first kappa shape index (κ1) is 32.7. The van der Waals surface area contributed by atoms with E-state index >= 15 is 0 Å². The number of aromatic nitrogens is 1. The van der Waals surface area contributed by atoms with Gasteiger partial charge in [-0.3, -0.25) is 14.5 Å². The summed E-state index contributed by atoms with van der Waals surface area (Å²) in [7, 11) is -2.48. The highest BCUT2D eigenvalue weighted by Gasteiger charge is 2.46. The van der Waals surface area contributed by atoms with Crippen LogP contribution in [0.4, 0.5) is 17.6 Å². The number of carbonyl (C=O) groups is 2. The molecule has 0 aliphatic rings. The second-order valence-electron chi connectivity index (χ2n) is 9.96. The lowest BCUT2D eigenvalue weighted by Gasteiger charge is -2.26. The summed E-state index contributed by atoms with van der Waals surface area (Å²) >= 11 is 0. The van der Waals surface area contributed by atoms with Gasteiger partial charge < -0.3 is 14.5 Å². The molecule has 0 aliphatic heterocycles. The first-order valence-electron chi connectivity index (χ1n) is 12.5. The zero-order chi connectivity index (χ0) is 31.5. The number of hydroxylamine groups is 1. The summed E-state index contributed by atoms with van der Waals surface area (Å²) in [6.45, 7) is 1.45. The van der Waals surface area contributed by atoms with Gasteiger partial charge in [-0.05, 0) is 61.2 Å². The molecule has 2 aromatic carbocycles. The number of nitrogens with one attached hydrogen (secondary N) is 1. The maximum atomic E-state index is 14.9. The summed E-state index contributed by atoms with van der Waals surface area (Å²) in [5.41, 5.74) is 2.20. The summed E-state index contributed by atoms with van der Waals surface area (Å²) in [5.74, 6) is -4.73. The van der Waals surface area contributed by atoms with Crippen LogP contribution in [0.5, 0.6) is 0 Å². The molecule has 3 aromatic rings. The van der Waals surface area contributed by atoms with E-state index in [1.807, 2.05) is 4.90 Å². The number of hydrogen-bond donors (Lipinski definition) is 2. The number of aliphatic hydroxyl groups excluding tert-OH is 1. The fourth-order valence-electron chi connectivity index (χ4n) is 4.14. The van der Waals surface area contributed by atoms with E-state index in [0.29, 0.717) is 41.4 Å². The van der Waals surface area contributed by atoms with E-state index < -0.39 is 50.4 Å². The van der Waals surface area contributed by atoms with E-state index in [1.165, 1.54) is 23.8 Å². The Hall–Kier alpha value is -3.82. The summed E-state index contributed by atoms with van der Waals surface area (Å²) in [6, 6.07) is 10.9. The molecule has 2 N–H and O–H groups in total. The number of sulfone groups is 1. The van der Waals surface area contributed by atoms with Crippen molar-refractivity contribution in [3.05, 3.63) is 70.4 Å². The van der Waals surface area contributed by atoms with Crippen LogP contribution in [0, 0.1) is 5.82 Å². The van der Waals surface area contributed by atoms with Crippen LogP contribution in [-0.4, -0.2) is 72.2 Å². The minimum absolute atomic E-state index is 0.0231. The van der Waals surface area contributed by atoms with Crippen LogP contribution < -0.4 is 11.0 Å². The smallest absolute Gasteiger partial charge is 0.395 e. The molecule has 0 spiro atoms. The van der Waals surface area contributed by atoms with Crippen molar-refractivity contribution in [1.29, 1.82) is 0 Å². The van der Waals surface area contributed by atoms with Gasteiger partial charge in [0.1, 0.15) is 5.82 Å². The van der Waals surface area contributed by atoms with Crippen LogP contribution in [-0.2, 0) is 37.4 Å². The number of amides is 1. The SMILES string of the molecule is CN(CCO)Cc1ccc(-c2ccc3c(=O)n(CC[C@](C)(C(=O)NOC(=O)C(F)(F)F)S(C)(=O)=O)ccc3c2)c(F)c1. The van der Waals surface area contributed by atoms with E-state index in [4.69, 9.17) is 5.11 Å². The number of fused-ring (bicyclic) bond motifs is 1. The van der Waals surface area contributed by atoms with Gasteiger partial charge in [0, 0.05) is 43.0 Å². The van der Waals surface area contributed by atoms with Gasteiger partial charge in [-0.2, -0.15) is 18.7 Å². The largest absolute Gasteiger partial charge is 0.493 e. The molecular weight excluding hydrogens is 586 g/mol. The van der Waals surface area contributed by atoms with Gasteiger partial charge in [0.05, 0.1) is 6.61 Å². The molecule has 228 valence electrons. The number of alkyl halides is 3. The Balaban J connectivity index is 1.83. The first-order chi connectivity index (χ1) is 19.5. The van der Waals surface area contributed by atoms with Crippen molar-refractivity contribution in [2.24, 2.45) is 0 Å². The standard InChI is InChI=1S/C27H29F4N3O7S/c1-26(42(3,39)40,24(37)32-41-25(38)27(29,30)31)9-11-34-10-8-19-15-18(5-7-21(19)23(34)36)20-6-4-17(14-22(20)28)16-33(2)12-13-35/h4-8,10,14-15,35H,9,11-13,16H2,1-3H3,(H,32,37)/t26-/m1/s1. The lowest BCUT2D eigenvalue weighted by atomic mass is 10.00. The third-order valence-corrected chi connectivity index (χ3v) is 8.88. The van der Waals surface area contributed by atoms with E-state index in [9.17, 15) is 40.4 Å². The predicted molar refractivity (Wildman–Crippen MR) is 145 cm³/mol. The zero-order valence-electron chi connectivity index (χ0n) is 22.9. The number of likely N-dealkylation sites (N-methyl/N-ethyl adjacent to an activating group) is 1. The number of nitrogens with zero attached hydrogens (tertiary/aromatic N) is 2. The summed E-state index contributed by atoms with van der Waals surface area (Å²) < 4.78 is 75.7. The average molecular weight is 616 g/mol. The molecule has 0 aliphatic carbocycles. The summed E-state index contributed by atoms with van der Waals surface area (Å²) in [4.78, 5) is 42.1. The number of hydrogen-bond acceptors (Lipinski definition) is 8. The summed E-state index contributed by atoms with van der Waals surface area (Å²) in [5, 5.41) is 9.71. The first-order valence-corrected chi connectivity index (χ1v) is 14.4. The second kappa shape index (κ2) is 12.6. The number of carbonyl (C=O) groups excluding carboxylic acids is 2. The van der Waals surface area contributed by atoms with Crippen LogP contribution in [0.2, 0.25) is 0 Å². The molecule has 15 heteroatoms. The van der Waals surface area contributed by atoms with Crippen LogP contribution in [0.25, 0.3) is 21.9 Å². The number of halogens is 4. The van der Waals surface area contributed by atoms with Crippen molar-refractivity contribution in [3.8, 4) is 11.1 Å². The Bertz CT molecular complexity index is 1660. The van der Waals surface area contributed by atoms with Crippen LogP contribution in [0.3, 0.4) is 0 Å². The third-order valence-electron chi connectivity index (χ3n) is 6.85. The van der Waals surface area contributed by atoms with Gasteiger partial charge in [-0.25, -0.2) is 17.6 Å². The fraction of sp³-hybridized carbons (Fsp3) is 0.370. The minimum atomic E-state index is -5.42. The highest BCUT2D eigenvalue weighted by atomic mass is 32.2. The molecular formula is C27H29F4N3O7S.